The Kier molecular flexibility index (Phi) is 4.42. The lowest BCUT2D eigenvalue weighted by Gasteiger charge is -2.24. The van der Waals surface area contributed by atoms with Crippen LogP contribution in [0.3, 0.4) is 0 Å². The lowest BCUT2D eigenvalue weighted by Crippen LogP contribution is -2.29. The fourth-order valence-electron chi connectivity index (χ4n) is 3.34. The number of rotatable bonds is 4. The Hall–Kier alpha value is -2.73. The maximum absolute atomic E-state index is 13.2. The van der Waals surface area contributed by atoms with Crippen molar-refractivity contribution < 1.29 is 8.81 Å². The van der Waals surface area contributed by atoms with Crippen LogP contribution in [0.4, 0.5) is 4.39 Å². The molecule has 0 saturated carbocycles. The number of nitrogens with zero attached hydrogens (tertiary/aromatic N) is 2. The average molecular weight is 367 g/mol. The molecule has 0 amide bonds. The molecule has 0 aliphatic carbocycles. The van der Waals surface area contributed by atoms with Crippen molar-refractivity contribution in [2.75, 3.05) is 6.54 Å². The molecule has 1 saturated heterocycles. The highest BCUT2D eigenvalue weighted by atomic mass is 32.1. The molecule has 0 radical (unpaired) electrons. The zero-order valence-corrected chi connectivity index (χ0v) is 15.0. The highest BCUT2D eigenvalue weighted by molar-refractivity contribution is 7.80. The monoisotopic (exact) mass is 367 g/mol. The summed E-state index contributed by atoms with van der Waals surface area (Å²) >= 11 is 5.51. The van der Waals surface area contributed by atoms with Crippen LogP contribution >= 0.6 is 12.2 Å². The molecule has 1 N–H and O–H groups in total. The summed E-state index contributed by atoms with van der Waals surface area (Å²) in [6.07, 6.45) is 1.78. The first-order valence-electron chi connectivity index (χ1n) is 8.51. The van der Waals surface area contributed by atoms with Gasteiger partial charge >= 0.3 is 0 Å². The SMILES string of the molecule is CCN1C(=S)NC(c2ccccn2)C1c1ccc(-c2ccc(F)cc2)o1. The molecule has 1 aliphatic rings. The summed E-state index contributed by atoms with van der Waals surface area (Å²) in [5.41, 5.74) is 1.75. The molecule has 3 aromatic rings. The van der Waals surface area contributed by atoms with Gasteiger partial charge in [0.15, 0.2) is 5.11 Å². The third-order valence-electron chi connectivity index (χ3n) is 4.59. The second-order valence-corrected chi connectivity index (χ2v) is 6.51. The largest absolute Gasteiger partial charge is 0.459 e. The predicted molar refractivity (Wildman–Crippen MR) is 102 cm³/mol. The van der Waals surface area contributed by atoms with Gasteiger partial charge in [0.25, 0.3) is 0 Å². The van der Waals surface area contributed by atoms with Crippen LogP contribution in [0.1, 0.15) is 30.5 Å². The number of aromatic nitrogens is 1. The lowest BCUT2D eigenvalue weighted by molar-refractivity contribution is 0.284. The van der Waals surface area contributed by atoms with Crippen LogP contribution in [0.15, 0.2) is 65.2 Å². The van der Waals surface area contributed by atoms with Crippen molar-refractivity contribution in [3.63, 3.8) is 0 Å². The van der Waals surface area contributed by atoms with Crippen LogP contribution in [0.2, 0.25) is 0 Å². The van der Waals surface area contributed by atoms with Gasteiger partial charge in [0.05, 0.1) is 11.7 Å². The zero-order valence-electron chi connectivity index (χ0n) is 14.2. The number of nitrogens with one attached hydrogen (secondary N) is 1. The number of pyridine rings is 1. The van der Waals surface area contributed by atoms with Crippen LogP contribution in [0.5, 0.6) is 0 Å². The van der Waals surface area contributed by atoms with Crippen molar-refractivity contribution in [3.05, 3.63) is 78.1 Å². The molecule has 1 fully saturated rings. The van der Waals surface area contributed by atoms with Crippen molar-refractivity contribution in [1.29, 1.82) is 0 Å². The minimum atomic E-state index is -0.266. The van der Waals surface area contributed by atoms with E-state index in [-0.39, 0.29) is 17.9 Å². The molecule has 2 aromatic heterocycles. The topological polar surface area (TPSA) is 41.3 Å². The molecule has 3 heterocycles. The Balaban J connectivity index is 1.71. The maximum atomic E-state index is 13.2. The van der Waals surface area contributed by atoms with Gasteiger partial charge in [0.1, 0.15) is 23.4 Å². The smallest absolute Gasteiger partial charge is 0.170 e. The number of hydrogen-bond donors (Lipinski definition) is 1. The number of benzene rings is 1. The molecule has 26 heavy (non-hydrogen) atoms. The first-order chi connectivity index (χ1) is 12.7. The van der Waals surface area contributed by atoms with E-state index in [9.17, 15) is 4.39 Å². The van der Waals surface area contributed by atoms with E-state index in [1.165, 1.54) is 12.1 Å². The van der Waals surface area contributed by atoms with Gasteiger partial charge in [-0.25, -0.2) is 4.39 Å². The lowest BCUT2D eigenvalue weighted by atomic mass is 10.0. The average Bonchev–Trinajstić information content (AvgIpc) is 3.27. The quantitative estimate of drug-likeness (QED) is 0.689. The maximum Gasteiger partial charge on any atom is 0.170 e. The second-order valence-electron chi connectivity index (χ2n) is 6.12. The minimum absolute atomic E-state index is 0.0865. The van der Waals surface area contributed by atoms with Crippen LogP contribution in [0, 0.1) is 5.82 Å². The number of likely N-dealkylation sites (N-methyl/N-ethyl adjacent to an activating group) is 1. The molecule has 2 unspecified atom stereocenters. The fraction of sp³-hybridized carbons (Fsp3) is 0.200. The van der Waals surface area contributed by atoms with Gasteiger partial charge in [-0.05, 0) is 67.7 Å². The van der Waals surface area contributed by atoms with E-state index in [4.69, 9.17) is 16.6 Å². The third kappa shape index (κ3) is 2.97. The Morgan fingerprint density at radius 3 is 2.65 bits per heavy atom. The van der Waals surface area contributed by atoms with E-state index in [1.807, 2.05) is 30.3 Å². The Labute approximate surface area is 156 Å². The molecular formula is C20H18FN3OS. The van der Waals surface area contributed by atoms with Gasteiger partial charge in [0, 0.05) is 18.3 Å². The summed E-state index contributed by atoms with van der Waals surface area (Å²) in [5.74, 6) is 1.24. The highest BCUT2D eigenvalue weighted by Crippen LogP contribution is 2.40. The van der Waals surface area contributed by atoms with Crippen molar-refractivity contribution in [1.82, 2.24) is 15.2 Å². The van der Waals surface area contributed by atoms with Crippen molar-refractivity contribution in [2.45, 2.75) is 19.0 Å². The molecule has 132 valence electrons. The van der Waals surface area contributed by atoms with Gasteiger partial charge < -0.3 is 14.6 Å². The molecule has 1 aromatic carbocycles. The molecular weight excluding hydrogens is 349 g/mol. The van der Waals surface area contributed by atoms with E-state index in [1.54, 1.807) is 18.3 Å². The molecule has 2 atom stereocenters. The molecule has 6 heteroatoms. The third-order valence-corrected chi connectivity index (χ3v) is 4.94. The van der Waals surface area contributed by atoms with E-state index in [0.29, 0.717) is 10.9 Å². The number of furan rings is 1. The molecule has 0 bridgehead atoms. The molecule has 4 rings (SSSR count). The van der Waals surface area contributed by atoms with Gasteiger partial charge in [0.2, 0.25) is 0 Å². The van der Waals surface area contributed by atoms with Crippen molar-refractivity contribution in [2.24, 2.45) is 0 Å². The number of thiocarbonyl (C=S) groups is 1. The Morgan fingerprint density at radius 2 is 1.96 bits per heavy atom. The zero-order chi connectivity index (χ0) is 18.1. The Bertz CT molecular complexity index is 910. The van der Waals surface area contributed by atoms with Gasteiger partial charge in [-0.15, -0.1) is 0 Å². The fourth-order valence-corrected chi connectivity index (χ4v) is 3.71. The summed E-state index contributed by atoms with van der Waals surface area (Å²) in [7, 11) is 0. The van der Waals surface area contributed by atoms with Crippen LogP contribution in [-0.2, 0) is 0 Å². The second kappa shape index (κ2) is 6.88. The predicted octanol–water partition coefficient (Wildman–Crippen LogP) is 4.47. The summed E-state index contributed by atoms with van der Waals surface area (Å²) in [6, 6.07) is 15.8. The van der Waals surface area contributed by atoms with E-state index in [2.05, 4.69) is 22.1 Å². The summed E-state index contributed by atoms with van der Waals surface area (Å²) in [5, 5.41) is 4.05. The van der Waals surface area contributed by atoms with E-state index < -0.39 is 0 Å². The van der Waals surface area contributed by atoms with Gasteiger partial charge in [-0.3, -0.25) is 4.98 Å². The van der Waals surface area contributed by atoms with Crippen LogP contribution < -0.4 is 5.32 Å². The van der Waals surface area contributed by atoms with Crippen molar-refractivity contribution in [3.8, 4) is 11.3 Å². The van der Waals surface area contributed by atoms with Gasteiger partial charge in [-0.1, -0.05) is 6.07 Å². The molecule has 1 aliphatic heterocycles. The van der Waals surface area contributed by atoms with Crippen LogP contribution in [-0.4, -0.2) is 21.5 Å². The van der Waals surface area contributed by atoms with Gasteiger partial charge in [-0.2, -0.15) is 0 Å². The number of halogens is 1. The van der Waals surface area contributed by atoms with Crippen molar-refractivity contribution >= 4 is 17.3 Å². The summed E-state index contributed by atoms with van der Waals surface area (Å²) < 4.78 is 19.3. The highest BCUT2D eigenvalue weighted by Gasteiger charge is 2.40. The standard InChI is InChI=1S/C20H18FN3OS/c1-2-24-19(18(23-20(24)26)15-5-3-4-12-22-15)17-11-10-16(25-17)13-6-8-14(21)9-7-13/h3-12,18-19H,2H2,1H3,(H,23,26). The van der Waals surface area contributed by atoms with E-state index in [0.717, 1.165) is 23.6 Å². The molecule has 4 nitrogen and oxygen atoms in total. The first-order valence-corrected chi connectivity index (χ1v) is 8.92. The Morgan fingerprint density at radius 1 is 1.15 bits per heavy atom. The summed E-state index contributed by atoms with van der Waals surface area (Å²) in [6.45, 7) is 2.82. The number of hydrogen-bond acceptors (Lipinski definition) is 3. The van der Waals surface area contributed by atoms with E-state index >= 15 is 0 Å². The summed E-state index contributed by atoms with van der Waals surface area (Å²) in [4.78, 5) is 6.58. The minimum Gasteiger partial charge on any atom is -0.459 e. The van der Waals surface area contributed by atoms with Crippen LogP contribution in [0.25, 0.3) is 11.3 Å². The molecule has 0 spiro atoms. The first kappa shape index (κ1) is 16.7. The normalized spacial score (nSPS) is 19.6.